The van der Waals surface area contributed by atoms with Gasteiger partial charge in [0.1, 0.15) is 0 Å². The highest BCUT2D eigenvalue weighted by Crippen LogP contribution is 2.27. The van der Waals surface area contributed by atoms with E-state index in [0.717, 1.165) is 41.4 Å². The number of nitrogens with zero attached hydrogens (tertiary/aromatic N) is 4. The molecule has 0 aliphatic carbocycles. The second kappa shape index (κ2) is 9.54. The molecule has 0 saturated carbocycles. The molecule has 0 unspecified atom stereocenters. The number of aryl methyl sites for hydroxylation is 1. The highest BCUT2D eigenvalue weighted by atomic mass is 19.4. The Kier molecular flexibility index (Phi) is 6.54. The fraction of sp³-hybridized carbons (Fsp3) is 0.240. The average molecular weight is 467 g/mol. The second-order valence-electron chi connectivity index (χ2n) is 8.05. The normalized spacial score (nSPS) is 11.6. The number of alkyl halides is 3. The Morgan fingerprint density at radius 2 is 1.85 bits per heavy atom. The number of hydrogen-bond donors (Lipinski definition) is 1. The number of amides is 1. The van der Waals surface area contributed by atoms with Crippen LogP contribution < -0.4 is 5.32 Å². The molecule has 1 N–H and O–H groups in total. The molecule has 0 radical (unpaired) electrons. The van der Waals surface area contributed by atoms with Gasteiger partial charge in [-0.15, -0.1) is 0 Å². The van der Waals surface area contributed by atoms with Crippen LogP contribution in [0.2, 0.25) is 0 Å². The summed E-state index contributed by atoms with van der Waals surface area (Å²) in [5.74, 6) is -0.286. The zero-order valence-electron chi connectivity index (χ0n) is 18.8. The van der Waals surface area contributed by atoms with Gasteiger partial charge in [0.05, 0.1) is 29.8 Å². The Labute approximate surface area is 195 Å². The molecule has 0 saturated heterocycles. The Morgan fingerprint density at radius 3 is 2.50 bits per heavy atom. The summed E-state index contributed by atoms with van der Waals surface area (Å²) >= 11 is 0. The molecule has 0 aliphatic rings. The Hall–Kier alpha value is -3.88. The Bertz CT molecular complexity index is 1290. The molecule has 4 rings (SSSR count). The summed E-state index contributed by atoms with van der Waals surface area (Å²) in [6, 6.07) is 15.6. The summed E-state index contributed by atoms with van der Waals surface area (Å²) in [6.45, 7) is 4.25. The van der Waals surface area contributed by atoms with Crippen LogP contribution in [0.5, 0.6) is 0 Å². The number of aromatic nitrogens is 4. The van der Waals surface area contributed by atoms with E-state index in [-0.39, 0.29) is 12.5 Å². The van der Waals surface area contributed by atoms with Gasteiger partial charge in [-0.25, -0.2) is 4.68 Å². The van der Waals surface area contributed by atoms with Crippen LogP contribution in [0.4, 0.5) is 18.9 Å². The fourth-order valence-corrected chi connectivity index (χ4v) is 3.68. The van der Waals surface area contributed by atoms with Crippen molar-refractivity contribution in [2.75, 3.05) is 5.32 Å². The van der Waals surface area contributed by atoms with Crippen molar-refractivity contribution in [3.8, 4) is 5.69 Å². The van der Waals surface area contributed by atoms with E-state index in [1.165, 1.54) is 10.9 Å². The minimum atomic E-state index is -4.48. The van der Waals surface area contributed by atoms with Crippen molar-refractivity contribution in [2.45, 2.75) is 39.4 Å². The van der Waals surface area contributed by atoms with Crippen molar-refractivity contribution in [1.29, 1.82) is 0 Å². The van der Waals surface area contributed by atoms with Crippen LogP contribution in [0.25, 0.3) is 5.69 Å². The van der Waals surface area contributed by atoms with E-state index in [9.17, 15) is 18.0 Å². The predicted octanol–water partition coefficient (Wildman–Crippen LogP) is 5.65. The number of hydrogen-bond acceptors (Lipinski definition) is 3. The van der Waals surface area contributed by atoms with Gasteiger partial charge in [0.2, 0.25) is 0 Å². The smallest absolute Gasteiger partial charge is 0.319 e. The van der Waals surface area contributed by atoms with E-state index in [2.05, 4.69) is 22.4 Å². The summed E-state index contributed by atoms with van der Waals surface area (Å²) in [5, 5.41) is 11.0. The van der Waals surface area contributed by atoms with Gasteiger partial charge in [-0.05, 0) is 54.8 Å². The molecule has 2 aromatic carbocycles. The van der Waals surface area contributed by atoms with Crippen molar-refractivity contribution in [3.05, 3.63) is 95.1 Å². The minimum Gasteiger partial charge on any atom is -0.319 e. The zero-order valence-corrected chi connectivity index (χ0v) is 18.8. The molecule has 176 valence electrons. The maximum Gasteiger partial charge on any atom is 0.435 e. The first kappa shape index (κ1) is 23.3. The molecule has 1 amide bonds. The number of nitrogens with one attached hydrogen (secondary N) is 1. The van der Waals surface area contributed by atoms with Crippen molar-refractivity contribution >= 4 is 11.6 Å². The van der Waals surface area contributed by atoms with Crippen LogP contribution in [0.1, 0.15) is 46.2 Å². The Morgan fingerprint density at radius 1 is 1.09 bits per heavy atom. The van der Waals surface area contributed by atoms with Crippen LogP contribution in [-0.4, -0.2) is 25.5 Å². The van der Waals surface area contributed by atoms with Crippen LogP contribution >= 0.6 is 0 Å². The van der Waals surface area contributed by atoms with Gasteiger partial charge in [-0.3, -0.25) is 9.48 Å². The number of halogens is 3. The molecule has 0 aliphatic heterocycles. The maximum absolute atomic E-state index is 12.9. The first-order valence-electron chi connectivity index (χ1n) is 10.9. The third-order valence-corrected chi connectivity index (χ3v) is 5.34. The van der Waals surface area contributed by atoms with Crippen molar-refractivity contribution in [3.63, 3.8) is 0 Å². The molecule has 2 aromatic heterocycles. The first-order chi connectivity index (χ1) is 16.2. The number of anilines is 1. The van der Waals surface area contributed by atoms with Crippen molar-refractivity contribution in [2.24, 2.45) is 0 Å². The van der Waals surface area contributed by atoms with Crippen LogP contribution in [0.15, 0.2) is 67.0 Å². The second-order valence-corrected chi connectivity index (χ2v) is 8.05. The monoisotopic (exact) mass is 467 g/mol. The number of carbonyl (C=O) groups is 1. The van der Waals surface area contributed by atoms with E-state index in [1.807, 2.05) is 35.9 Å². The van der Waals surface area contributed by atoms with Gasteiger partial charge in [0, 0.05) is 11.8 Å². The molecule has 0 bridgehead atoms. The average Bonchev–Trinajstić information content (AvgIpc) is 3.42. The topological polar surface area (TPSA) is 64.7 Å². The predicted molar refractivity (Wildman–Crippen MR) is 123 cm³/mol. The summed E-state index contributed by atoms with van der Waals surface area (Å²) in [4.78, 5) is 12.9. The molecule has 0 fully saturated rings. The minimum absolute atomic E-state index is 0.169. The highest BCUT2D eigenvalue weighted by molar-refractivity contribution is 6.04. The van der Waals surface area contributed by atoms with Gasteiger partial charge in [0.25, 0.3) is 5.91 Å². The van der Waals surface area contributed by atoms with Gasteiger partial charge >= 0.3 is 6.18 Å². The lowest BCUT2D eigenvalue weighted by Crippen LogP contribution is -2.14. The number of rotatable bonds is 7. The van der Waals surface area contributed by atoms with Gasteiger partial charge in [-0.2, -0.15) is 23.4 Å². The first-order valence-corrected chi connectivity index (χ1v) is 10.9. The molecule has 0 spiro atoms. The summed E-state index contributed by atoms with van der Waals surface area (Å²) in [6.07, 6.45) is 0.0853. The molecule has 34 heavy (non-hydrogen) atoms. The molecule has 6 nitrogen and oxygen atoms in total. The lowest BCUT2D eigenvalue weighted by molar-refractivity contribution is -0.141. The lowest BCUT2D eigenvalue weighted by Gasteiger charge is -2.11. The molecular formula is C25H24F3N5O. The fourth-order valence-electron chi connectivity index (χ4n) is 3.68. The van der Waals surface area contributed by atoms with Gasteiger partial charge in [0.15, 0.2) is 5.69 Å². The maximum atomic E-state index is 12.9. The lowest BCUT2D eigenvalue weighted by atomic mass is 10.1. The van der Waals surface area contributed by atoms with Gasteiger partial charge in [-0.1, -0.05) is 37.6 Å². The number of carbonyl (C=O) groups excluding carboxylic acids is 1. The third kappa shape index (κ3) is 5.19. The summed E-state index contributed by atoms with van der Waals surface area (Å²) in [7, 11) is 0. The zero-order chi connectivity index (χ0) is 24.3. The van der Waals surface area contributed by atoms with Crippen molar-refractivity contribution in [1.82, 2.24) is 19.6 Å². The standard InChI is InChI=1S/C25H24F3N5O/c1-3-5-22-21(15-29-33(22)20-7-4-6-17(2)14-20)30-24(34)19-10-8-18(9-11-19)16-32-13-12-23(31-32)25(26,27)28/h4,6-15H,3,5,16H2,1-2H3,(H,30,34). The SMILES string of the molecule is CCCc1c(NC(=O)c2ccc(Cn3ccc(C(F)(F)F)n3)cc2)cnn1-c1cccc(C)c1. The quantitative estimate of drug-likeness (QED) is 0.382. The highest BCUT2D eigenvalue weighted by Gasteiger charge is 2.33. The van der Waals surface area contributed by atoms with E-state index in [4.69, 9.17) is 0 Å². The van der Waals surface area contributed by atoms with Crippen LogP contribution in [0.3, 0.4) is 0 Å². The van der Waals surface area contributed by atoms with E-state index in [0.29, 0.717) is 11.3 Å². The van der Waals surface area contributed by atoms with Crippen molar-refractivity contribution < 1.29 is 18.0 Å². The summed E-state index contributed by atoms with van der Waals surface area (Å²) in [5.41, 5.74) is 3.84. The van der Waals surface area contributed by atoms with Gasteiger partial charge < -0.3 is 5.32 Å². The third-order valence-electron chi connectivity index (χ3n) is 5.34. The molecule has 4 aromatic rings. The molecule has 9 heteroatoms. The Balaban J connectivity index is 1.48. The van der Waals surface area contributed by atoms with Crippen LogP contribution in [0, 0.1) is 6.92 Å². The van der Waals surface area contributed by atoms with E-state index >= 15 is 0 Å². The largest absolute Gasteiger partial charge is 0.435 e. The molecule has 2 heterocycles. The number of benzene rings is 2. The van der Waals surface area contributed by atoms with Crippen LogP contribution in [-0.2, 0) is 19.1 Å². The molecular weight excluding hydrogens is 443 g/mol. The molecule has 0 atom stereocenters. The van der Waals surface area contributed by atoms with E-state index in [1.54, 1.807) is 30.5 Å². The summed E-state index contributed by atoms with van der Waals surface area (Å²) < 4.78 is 41.2. The van der Waals surface area contributed by atoms with E-state index < -0.39 is 11.9 Å².